The van der Waals surface area contributed by atoms with Crippen LogP contribution in [0.15, 0.2) is 48.7 Å². The molecule has 108 valence electrons. The van der Waals surface area contributed by atoms with Crippen molar-refractivity contribution in [3.63, 3.8) is 0 Å². The largest absolute Gasteiger partial charge is 0.416 e. The monoisotopic (exact) mass is 291 g/mol. The van der Waals surface area contributed by atoms with Crippen molar-refractivity contribution in [3.05, 3.63) is 59.8 Å². The predicted molar refractivity (Wildman–Crippen MR) is 74.7 cm³/mol. The minimum Gasteiger partial charge on any atom is -0.398 e. The standard InChI is InChI=1S/C15H12F3N3/c16-15(17,18)11-6-4-10(5-7-11)9-21-14-3-1-2-13(19)12(14)8-20-21/h1-8H,9,19H2. The van der Waals surface area contributed by atoms with E-state index in [9.17, 15) is 13.2 Å². The third-order valence-electron chi connectivity index (χ3n) is 3.33. The highest BCUT2D eigenvalue weighted by Crippen LogP contribution is 2.29. The lowest BCUT2D eigenvalue weighted by atomic mass is 10.1. The molecule has 0 unspecified atom stereocenters. The number of anilines is 1. The Morgan fingerprint density at radius 2 is 1.76 bits per heavy atom. The number of aromatic nitrogens is 2. The van der Waals surface area contributed by atoms with Gasteiger partial charge in [0.15, 0.2) is 0 Å². The number of nitrogen functional groups attached to an aromatic ring is 1. The lowest BCUT2D eigenvalue weighted by Crippen LogP contribution is -2.06. The first-order valence-electron chi connectivity index (χ1n) is 6.31. The highest BCUT2D eigenvalue weighted by Gasteiger charge is 2.29. The predicted octanol–water partition coefficient (Wildman–Crippen LogP) is 3.69. The molecule has 3 rings (SSSR count). The summed E-state index contributed by atoms with van der Waals surface area (Å²) in [7, 11) is 0. The van der Waals surface area contributed by atoms with Crippen molar-refractivity contribution in [1.29, 1.82) is 0 Å². The van der Waals surface area contributed by atoms with Crippen molar-refractivity contribution in [2.45, 2.75) is 12.7 Å². The maximum Gasteiger partial charge on any atom is 0.416 e. The SMILES string of the molecule is Nc1cccc2c1cnn2Cc1ccc(C(F)(F)F)cc1. The van der Waals surface area contributed by atoms with Crippen LogP contribution in [0.25, 0.3) is 10.9 Å². The molecule has 0 fully saturated rings. The fraction of sp³-hybridized carbons (Fsp3) is 0.133. The number of hydrogen-bond donors (Lipinski definition) is 1. The quantitative estimate of drug-likeness (QED) is 0.732. The lowest BCUT2D eigenvalue weighted by Gasteiger charge is -2.08. The van der Waals surface area contributed by atoms with E-state index in [2.05, 4.69) is 5.10 Å². The molecule has 0 saturated heterocycles. The van der Waals surface area contributed by atoms with Gasteiger partial charge in [-0.2, -0.15) is 18.3 Å². The maximum atomic E-state index is 12.5. The molecule has 0 bridgehead atoms. The van der Waals surface area contributed by atoms with Crippen molar-refractivity contribution < 1.29 is 13.2 Å². The lowest BCUT2D eigenvalue weighted by molar-refractivity contribution is -0.137. The molecule has 0 atom stereocenters. The Bertz CT molecular complexity index is 773. The molecular weight excluding hydrogens is 279 g/mol. The summed E-state index contributed by atoms with van der Waals surface area (Å²) in [5, 5.41) is 5.07. The number of alkyl halides is 3. The van der Waals surface area contributed by atoms with Gasteiger partial charge in [0.1, 0.15) is 0 Å². The molecule has 0 aliphatic rings. The molecule has 3 aromatic rings. The van der Waals surface area contributed by atoms with Crippen molar-refractivity contribution >= 4 is 16.6 Å². The molecule has 1 aromatic heterocycles. The molecule has 0 amide bonds. The molecule has 0 radical (unpaired) electrons. The van der Waals surface area contributed by atoms with Gasteiger partial charge in [0.25, 0.3) is 0 Å². The second kappa shape index (κ2) is 4.80. The Morgan fingerprint density at radius 3 is 2.43 bits per heavy atom. The first kappa shape index (κ1) is 13.5. The topological polar surface area (TPSA) is 43.8 Å². The Hall–Kier alpha value is -2.50. The normalized spacial score (nSPS) is 12.0. The van der Waals surface area contributed by atoms with Crippen LogP contribution in [-0.4, -0.2) is 9.78 Å². The van der Waals surface area contributed by atoms with Gasteiger partial charge in [-0.05, 0) is 29.8 Å². The average molecular weight is 291 g/mol. The van der Waals surface area contributed by atoms with Crippen LogP contribution < -0.4 is 5.73 Å². The summed E-state index contributed by atoms with van der Waals surface area (Å²) in [6.45, 7) is 0.394. The van der Waals surface area contributed by atoms with Gasteiger partial charge in [-0.25, -0.2) is 0 Å². The van der Waals surface area contributed by atoms with E-state index in [1.54, 1.807) is 16.9 Å². The molecule has 0 aliphatic heterocycles. The second-order valence-electron chi connectivity index (χ2n) is 4.78. The maximum absolute atomic E-state index is 12.5. The molecule has 0 spiro atoms. The van der Waals surface area contributed by atoms with Crippen LogP contribution in [0.4, 0.5) is 18.9 Å². The van der Waals surface area contributed by atoms with Gasteiger partial charge in [0, 0.05) is 11.1 Å². The summed E-state index contributed by atoms with van der Waals surface area (Å²) in [6, 6.07) is 10.6. The minimum absolute atomic E-state index is 0.394. The zero-order valence-electron chi connectivity index (χ0n) is 10.9. The molecule has 0 aliphatic carbocycles. The number of nitrogens with zero attached hydrogens (tertiary/aromatic N) is 2. The van der Waals surface area contributed by atoms with Crippen molar-refractivity contribution in [2.75, 3.05) is 5.73 Å². The molecular formula is C15H12F3N3. The van der Waals surface area contributed by atoms with Crippen molar-refractivity contribution in [2.24, 2.45) is 0 Å². The fourth-order valence-electron chi connectivity index (χ4n) is 2.22. The van der Waals surface area contributed by atoms with Gasteiger partial charge < -0.3 is 5.73 Å². The number of halogens is 3. The Labute approximate surface area is 118 Å². The molecule has 6 heteroatoms. The van der Waals surface area contributed by atoms with Crippen molar-refractivity contribution in [3.8, 4) is 0 Å². The molecule has 1 heterocycles. The van der Waals surface area contributed by atoms with Crippen molar-refractivity contribution in [1.82, 2.24) is 9.78 Å². The molecule has 2 N–H and O–H groups in total. The van der Waals surface area contributed by atoms with E-state index in [1.165, 1.54) is 12.1 Å². The van der Waals surface area contributed by atoms with E-state index in [-0.39, 0.29) is 0 Å². The van der Waals surface area contributed by atoms with Crippen LogP contribution in [0.5, 0.6) is 0 Å². The van der Waals surface area contributed by atoms with Gasteiger partial charge in [-0.1, -0.05) is 18.2 Å². The van der Waals surface area contributed by atoms with Crippen LogP contribution in [0.2, 0.25) is 0 Å². The number of benzene rings is 2. The fourth-order valence-corrected chi connectivity index (χ4v) is 2.22. The summed E-state index contributed by atoms with van der Waals surface area (Å²) in [5.41, 5.74) is 7.43. The van der Waals surface area contributed by atoms with Gasteiger partial charge in [0.2, 0.25) is 0 Å². The number of hydrogen-bond acceptors (Lipinski definition) is 2. The molecule has 2 aromatic carbocycles. The van der Waals surface area contributed by atoms with Crippen LogP contribution >= 0.6 is 0 Å². The summed E-state index contributed by atoms with van der Waals surface area (Å²) >= 11 is 0. The Balaban J connectivity index is 1.90. The van der Waals surface area contributed by atoms with E-state index >= 15 is 0 Å². The van der Waals surface area contributed by atoms with Gasteiger partial charge in [-0.3, -0.25) is 4.68 Å². The summed E-state index contributed by atoms with van der Waals surface area (Å²) in [5.74, 6) is 0. The summed E-state index contributed by atoms with van der Waals surface area (Å²) in [4.78, 5) is 0. The molecule has 3 nitrogen and oxygen atoms in total. The third-order valence-corrected chi connectivity index (χ3v) is 3.33. The van der Waals surface area contributed by atoms with Crippen LogP contribution in [0.3, 0.4) is 0 Å². The summed E-state index contributed by atoms with van der Waals surface area (Å²) < 4.78 is 39.3. The van der Waals surface area contributed by atoms with E-state index in [4.69, 9.17) is 5.73 Å². The van der Waals surface area contributed by atoms with E-state index < -0.39 is 11.7 Å². The third kappa shape index (κ3) is 2.56. The van der Waals surface area contributed by atoms with Gasteiger partial charge >= 0.3 is 6.18 Å². The summed E-state index contributed by atoms with van der Waals surface area (Å²) in [6.07, 6.45) is -2.65. The van der Waals surface area contributed by atoms with Crippen LogP contribution in [-0.2, 0) is 12.7 Å². The Kier molecular flexibility index (Phi) is 3.08. The zero-order chi connectivity index (χ0) is 15.0. The Morgan fingerprint density at radius 1 is 1.05 bits per heavy atom. The second-order valence-corrected chi connectivity index (χ2v) is 4.78. The number of fused-ring (bicyclic) bond motifs is 1. The minimum atomic E-state index is -4.31. The smallest absolute Gasteiger partial charge is 0.398 e. The van der Waals surface area contributed by atoms with E-state index in [0.717, 1.165) is 28.6 Å². The first-order valence-corrected chi connectivity index (χ1v) is 6.31. The molecule has 21 heavy (non-hydrogen) atoms. The van der Waals surface area contributed by atoms with E-state index in [0.29, 0.717) is 12.2 Å². The van der Waals surface area contributed by atoms with Crippen LogP contribution in [0, 0.1) is 0 Å². The molecule has 0 saturated carbocycles. The average Bonchev–Trinajstić information content (AvgIpc) is 2.83. The van der Waals surface area contributed by atoms with Gasteiger partial charge in [0.05, 0.1) is 23.8 Å². The van der Waals surface area contributed by atoms with Crippen LogP contribution in [0.1, 0.15) is 11.1 Å². The highest BCUT2D eigenvalue weighted by molar-refractivity contribution is 5.90. The number of nitrogens with two attached hydrogens (primary N) is 1. The zero-order valence-corrected chi connectivity index (χ0v) is 10.9. The number of rotatable bonds is 2. The highest BCUT2D eigenvalue weighted by atomic mass is 19.4. The van der Waals surface area contributed by atoms with E-state index in [1.807, 2.05) is 12.1 Å². The first-order chi connectivity index (χ1) is 9.95. The van der Waals surface area contributed by atoms with Gasteiger partial charge in [-0.15, -0.1) is 0 Å².